The fraction of sp³-hybridized carbons (Fsp3) is 0.188. The number of aromatic nitrogens is 1. The summed E-state index contributed by atoms with van der Waals surface area (Å²) in [4.78, 5) is 27.5. The van der Waals surface area contributed by atoms with Gasteiger partial charge in [-0.25, -0.2) is 4.98 Å². The molecule has 0 spiro atoms. The third kappa shape index (κ3) is 4.74. The van der Waals surface area contributed by atoms with Gasteiger partial charge in [0.1, 0.15) is 0 Å². The lowest BCUT2D eigenvalue weighted by Gasteiger charge is -2.10. The highest BCUT2D eigenvalue weighted by molar-refractivity contribution is 6.34. The number of pyridine rings is 1. The molecule has 0 fully saturated rings. The standard InChI is InChI=1S/C16H15ClFN3O3/c1-24-7-6-20-15(22)10-2-3-12(17)13(8-10)21-16(23)11-4-5-19-14(18)9-11/h2-5,8-9H,6-7H2,1H3,(H,20,22)(H,21,23). The van der Waals surface area contributed by atoms with E-state index in [0.717, 1.165) is 6.07 Å². The Morgan fingerprint density at radius 2 is 1.96 bits per heavy atom. The Labute approximate surface area is 143 Å². The van der Waals surface area contributed by atoms with Crippen LogP contribution in [-0.4, -0.2) is 37.1 Å². The second kappa shape index (κ2) is 8.37. The summed E-state index contributed by atoms with van der Waals surface area (Å²) in [6.45, 7) is 0.743. The Kier molecular flexibility index (Phi) is 6.22. The predicted molar refractivity (Wildman–Crippen MR) is 87.8 cm³/mol. The molecule has 0 bridgehead atoms. The third-order valence-corrected chi connectivity index (χ3v) is 3.39. The van der Waals surface area contributed by atoms with E-state index in [1.54, 1.807) is 0 Å². The van der Waals surface area contributed by atoms with Crippen molar-refractivity contribution >= 4 is 29.1 Å². The normalized spacial score (nSPS) is 10.3. The molecule has 2 aromatic rings. The molecule has 0 saturated heterocycles. The third-order valence-electron chi connectivity index (χ3n) is 3.06. The van der Waals surface area contributed by atoms with Crippen molar-refractivity contribution in [2.75, 3.05) is 25.6 Å². The molecule has 6 nitrogen and oxygen atoms in total. The maximum Gasteiger partial charge on any atom is 0.255 e. The molecule has 0 radical (unpaired) electrons. The average Bonchev–Trinajstić information content (AvgIpc) is 2.57. The lowest BCUT2D eigenvalue weighted by atomic mass is 10.1. The van der Waals surface area contributed by atoms with E-state index in [2.05, 4.69) is 15.6 Å². The summed E-state index contributed by atoms with van der Waals surface area (Å²) in [5.41, 5.74) is 0.665. The maximum absolute atomic E-state index is 13.1. The van der Waals surface area contributed by atoms with Gasteiger partial charge in [-0.05, 0) is 24.3 Å². The number of amides is 2. The molecule has 126 valence electrons. The van der Waals surface area contributed by atoms with Gasteiger partial charge in [-0.3, -0.25) is 9.59 Å². The molecule has 24 heavy (non-hydrogen) atoms. The summed E-state index contributed by atoms with van der Waals surface area (Å²) in [6.07, 6.45) is 1.19. The highest BCUT2D eigenvalue weighted by Gasteiger charge is 2.13. The van der Waals surface area contributed by atoms with Crippen molar-refractivity contribution in [3.63, 3.8) is 0 Å². The smallest absolute Gasteiger partial charge is 0.255 e. The van der Waals surface area contributed by atoms with Gasteiger partial charge in [-0.2, -0.15) is 4.39 Å². The van der Waals surface area contributed by atoms with Crippen molar-refractivity contribution in [3.8, 4) is 0 Å². The molecule has 8 heteroatoms. The Bertz CT molecular complexity index is 755. The van der Waals surface area contributed by atoms with Gasteiger partial charge < -0.3 is 15.4 Å². The van der Waals surface area contributed by atoms with E-state index in [9.17, 15) is 14.0 Å². The van der Waals surface area contributed by atoms with E-state index < -0.39 is 11.9 Å². The van der Waals surface area contributed by atoms with Crippen molar-refractivity contribution in [3.05, 3.63) is 58.6 Å². The summed E-state index contributed by atoms with van der Waals surface area (Å²) in [6, 6.07) is 6.85. The fourth-order valence-electron chi connectivity index (χ4n) is 1.87. The summed E-state index contributed by atoms with van der Waals surface area (Å²) < 4.78 is 17.9. The number of nitrogens with zero attached hydrogens (tertiary/aromatic N) is 1. The van der Waals surface area contributed by atoms with Crippen LogP contribution in [0.3, 0.4) is 0 Å². The Balaban J connectivity index is 2.13. The number of halogens is 2. The van der Waals surface area contributed by atoms with E-state index >= 15 is 0 Å². The number of ether oxygens (including phenoxy) is 1. The number of nitrogens with one attached hydrogen (secondary N) is 2. The van der Waals surface area contributed by atoms with Gasteiger partial charge in [-0.15, -0.1) is 0 Å². The molecular weight excluding hydrogens is 337 g/mol. The molecule has 2 amide bonds. The van der Waals surface area contributed by atoms with E-state index in [-0.39, 0.29) is 22.2 Å². The number of carbonyl (C=O) groups is 2. The number of carbonyl (C=O) groups excluding carboxylic acids is 2. The summed E-state index contributed by atoms with van der Waals surface area (Å²) in [5.74, 6) is -1.65. The summed E-state index contributed by atoms with van der Waals surface area (Å²) in [7, 11) is 1.53. The monoisotopic (exact) mass is 351 g/mol. The SMILES string of the molecule is COCCNC(=O)c1ccc(Cl)c(NC(=O)c2ccnc(F)c2)c1. The number of rotatable bonds is 6. The Hall–Kier alpha value is -2.51. The molecule has 1 aromatic carbocycles. The van der Waals surface area contributed by atoms with Crippen LogP contribution in [0.5, 0.6) is 0 Å². The number of methoxy groups -OCH3 is 1. The van der Waals surface area contributed by atoms with Gasteiger partial charge >= 0.3 is 0 Å². The van der Waals surface area contributed by atoms with Crippen LogP contribution < -0.4 is 10.6 Å². The largest absolute Gasteiger partial charge is 0.383 e. The predicted octanol–water partition coefficient (Wildman–Crippen LogP) is 2.50. The quantitative estimate of drug-likeness (QED) is 0.619. The molecule has 1 aromatic heterocycles. The lowest BCUT2D eigenvalue weighted by Crippen LogP contribution is -2.27. The maximum atomic E-state index is 13.1. The minimum Gasteiger partial charge on any atom is -0.383 e. The van der Waals surface area contributed by atoms with Crippen LogP contribution in [0.25, 0.3) is 0 Å². The highest BCUT2D eigenvalue weighted by atomic mass is 35.5. The minimum atomic E-state index is -0.764. The van der Waals surface area contributed by atoms with E-state index in [4.69, 9.17) is 16.3 Å². The van der Waals surface area contributed by atoms with E-state index in [1.165, 1.54) is 37.6 Å². The zero-order chi connectivity index (χ0) is 17.5. The average molecular weight is 352 g/mol. The number of benzene rings is 1. The molecule has 0 unspecified atom stereocenters. The van der Waals surface area contributed by atoms with Gasteiger partial charge in [0.05, 0.1) is 17.3 Å². The van der Waals surface area contributed by atoms with E-state index in [0.29, 0.717) is 18.7 Å². The molecule has 1 heterocycles. The van der Waals surface area contributed by atoms with Crippen LogP contribution in [0, 0.1) is 5.95 Å². The lowest BCUT2D eigenvalue weighted by molar-refractivity contribution is 0.0936. The fourth-order valence-corrected chi connectivity index (χ4v) is 2.03. The van der Waals surface area contributed by atoms with Crippen molar-refractivity contribution in [1.29, 1.82) is 0 Å². The summed E-state index contributed by atoms with van der Waals surface area (Å²) in [5, 5.41) is 5.46. The molecule has 0 aliphatic carbocycles. The van der Waals surface area contributed by atoms with Gasteiger partial charge in [0.25, 0.3) is 11.8 Å². The van der Waals surface area contributed by atoms with E-state index in [1.807, 2.05) is 0 Å². The Morgan fingerprint density at radius 1 is 1.21 bits per heavy atom. The first-order valence-electron chi connectivity index (χ1n) is 7.01. The molecule has 0 aliphatic rings. The van der Waals surface area contributed by atoms with Crippen LogP contribution in [0.1, 0.15) is 20.7 Å². The van der Waals surface area contributed by atoms with Crippen LogP contribution in [0.2, 0.25) is 5.02 Å². The molecule has 0 saturated carbocycles. The van der Waals surface area contributed by atoms with Gasteiger partial charge in [0, 0.05) is 37.0 Å². The van der Waals surface area contributed by atoms with Crippen molar-refractivity contribution < 1.29 is 18.7 Å². The highest BCUT2D eigenvalue weighted by Crippen LogP contribution is 2.23. The zero-order valence-electron chi connectivity index (χ0n) is 12.8. The van der Waals surface area contributed by atoms with Gasteiger partial charge in [-0.1, -0.05) is 11.6 Å². The van der Waals surface area contributed by atoms with Gasteiger partial charge in [0.2, 0.25) is 5.95 Å². The van der Waals surface area contributed by atoms with Crippen LogP contribution in [-0.2, 0) is 4.74 Å². The zero-order valence-corrected chi connectivity index (χ0v) is 13.6. The topological polar surface area (TPSA) is 80.3 Å². The molecule has 2 N–H and O–H groups in total. The molecule has 0 aliphatic heterocycles. The van der Waals surface area contributed by atoms with Crippen molar-refractivity contribution in [2.24, 2.45) is 0 Å². The molecule has 0 atom stereocenters. The molecule has 2 rings (SSSR count). The second-order valence-electron chi connectivity index (χ2n) is 4.76. The number of hydrogen-bond acceptors (Lipinski definition) is 4. The number of anilines is 1. The first kappa shape index (κ1) is 17.8. The van der Waals surface area contributed by atoms with Crippen molar-refractivity contribution in [1.82, 2.24) is 10.3 Å². The van der Waals surface area contributed by atoms with Crippen LogP contribution in [0.15, 0.2) is 36.5 Å². The van der Waals surface area contributed by atoms with Crippen LogP contribution in [0.4, 0.5) is 10.1 Å². The summed E-state index contributed by atoms with van der Waals surface area (Å²) >= 11 is 6.04. The van der Waals surface area contributed by atoms with Crippen molar-refractivity contribution in [2.45, 2.75) is 0 Å². The second-order valence-corrected chi connectivity index (χ2v) is 5.17. The van der Waals surface area contributed by atoms with Gasteiger partial charge in [0.15, 0.2) is 0 Å². The minimum absolute atomic E-state index is 0.0912. The first-order valence-corrected chi connectivity index (χ1v) is 7.38. The first-order chi connectivity index (χ1) is 11.5. The van der Waals surface area contributed by atoms with Crippen LogP contribution >= 0.6 is 11.6 Å². The number of hydrogen-bond donors (Lipinski definition) is 2. The Morgan fingerprint density at radius 3 is 2.67 bits per heavy atom. The molecular formula is C16H15ClFN3O3.